The molecule has 1 aromatic heterocycles. The fourth-order valence-corrected chi connectivity index (χ4v) is 2.25. The third kappa shape index (κ3) is 3.45. The van der Waals surface area contributed by atoms with Crippen molar-refractivity contribution in [2.24, 2.45) is 0 Å². The number of hydrogen-bond donors (Lipinski definition) is 1. The lowest BCUT2D eigenvalue weighted by Crippen LogP contribution is -2.25. The van der Waals surface area contributed by atoms with E-state index >= 15 is 0 Å². The number of oxazole rings is 1. The minimum absolute atomic E-state index is 0.167. The second-order valence-corrected chi connectivity index (χ2v) is 4.73. The summed E-state index contributed by atoms with van der Waals surface area (Å²) in [4.78, 5) is 15.7. The van der Waals surface area contributed by atoms with Gasteiger partial charge in [0.2, 0.25) is 5.76 Å². The SMILES string of the molecule is Cc1ncoc1C(=O)NCCC1=CCCCCC1. The summed E-state index contributed by atoms with van der Waals surface area (Å²) < 4.78 is 5.05. The monoisotopic (exact) mass is 248 g/mol. The zero-order valence-electron chi connectivity index (χ0n) is 10.9. The molecule has 1 aliphatic carbocycles. The average molecular weight is 248 g/mol. The number of rotatable bonds is 4. The molecule has 4 heteroatoms. The second kappa shape index (κ2) is 6.38. The van der Waals surface area contributed by atoms with E-state index in [2.05, 4.69) is 16.4 Å². The van der Waals surface area contributed by atoms with Crippen LogP contribution in [0.4, 0.5) is 0 Å². The lowest BCUT2D eigenvalue weighted by Gasteiger charge is -2.06. The molecule has 0 unspecified atom stereocenters. The van der Waals surface area contributed by atoms with E-state index in [0.29, 0.717) is 18.0 Å². The molecule has 0 aliphatic heterocycles. The van der Waals surface area contributed by atoms with Crippen LogP contribution in [0.25, 0.3) is 0 Å². The first kappa shape index (κ1) is 12.9. The normalized spacial score (nSPS) is 15.9. The van der Waals surface area contributed by atoms with Gasteiger partial charge in [-0.2, -0.15) is 0 Å². The number of nitrogens with zero attached hydrogens (tertiary/aromatic N) is 1. The van der Waals surface area contributed by atoms with Gasteiger partial charge in [-0.25, -0.2) is 4.98 Å². The summed E-state index contributed by atoms with van der Waals surface area (Å²) in [5.41, 5.74) is 2.11. The molecular formula is C14H20N2O2. The minimum atomic E-state index is -0.167. The van der Waals surface area contributed by atoms with Crippen LogP contribution in [0.1, 0.15) is 54.8 Å². The Kier molecular flexibility index (Phi) is 4.56. The number of nitrogens with one attached hydrogen (secondary N) is 1. The van der Waals surface area contributed by atoms with Crippen LogP contribution in [0.15, 0.2) is 22.5 Å². The van der Waals surface area contributed by atoms with E-state index in [-0.39, 0.29) is 5.91 Å². The van der Waals surface area contributed by atoms with Gasteiger partial charge in [0.1, 0.15) is 0 Å². The molecule has 1 amide bonds. The summed E-state index contributed by atoms with van der Waals surface area (Å²) in [6, 6.07) is 0. The summed E-state index contributed by atoms with van der Waals surface area (Å²) in [5.74, 6) is 0.157. The molecule has 1 aliphatic rings. The number of hydrogen-bond acceptors (Lipinski definition) is 3. The van der Waals surface area contributed by atoms with Crippen molar-refractivity contribution in [3.63, 3.8) is 0 Å². The van der Waals surface area contributed by atoms with E-state index in [1.54, 1.807) is 6.92 Å². The zero-order chi connectivity index (χ0) is 12.8. The fourth-order valence-electron chi connectivity index (χ4n) is 2.25. The van der Waals surface area contributed by atoms with Crippen molar-refractivity contribution >= 4 is 5.91 Å². The Morgan fingerprint density at radius 1 is 1.44 bits per heavy atom. The molecule has 1 aromatic rings. The van der Waals surface area contributed by atoms with E-state index in [9.17, 15) is 4.79 Å². The Labute approximate surface area is 107 Å². The van der Waals surface area contributed by atoms with Crippen molar-refractivity contribution in [3.05, 3.63) is 29.5 Å². The van der Waals surface area contributed by atoms with E-state index in [1.807, 2.05) is 0 Å². The second-order valence-electron chi connectivity index (χ2n) is 4.73. The molecule has 98 valence electrons. The molecule has 0 atom stereocenters. The van der Waals surface area contributed by atoms with Gasteiger partial charge < -0.3 is 9.73 Å². The van der Waals surface area contributed by atoms with Crippen LogP contribution in [0.3, 0.4) is 0 Å². The molecule has 0 spiro atoms. The first-order valence-electron chi connectivity index (χ1n) is 6.63. The molecule has 1 N–H and O–H groups in total. The number of amides is 1. The highest BCUT2D eigenvalue weighted by Gasteiger charge is 2.13. The first-order valence-corrected chi connectivity index (χ1v) is 6.63. The molecule has 18 heavy (non-hydrogen) atoms. The third-order valence-electron chi connectivity index (χ3n) is 3.32. The van der Waals surface area contributed by atoms with Crippen LogP contribution in [-0.4, -0.2) is 17.4 Å². The quantitative estimate of drug-likeness (QED) is 0.833. The summed E-state index contributed by atoms with van der Waals surface area (Å²) in [6.07, 6.45) is 10.8. The predicted molar refractivity (Wildman–Crippen MR) is 69.4 cm³/mol. The number of carbonyl (C=O) groups is 1. The van der Waals surface area contributed by atoms with Gasteiger partial charge in [-0.3, -0.25) is 4.79 Å². The van der Waals surface area contributed by atoms with Gasteiger partial charge >= 0.3 is 0 Å². The molecule has 0 saturated heterocycles. The Hall–Kier alpha value is -1.58. The highest BCUT2D eigenvalue weighted by atomic mass is 16.3. The van der Waals surface area contributed by atoms with E-state index in [0.717, 1.165) is 6.42 Å². The number of aryl methyl sites for hydroxylation is 1. The summed E-state index contributed by atoms with van der Waals surface area (Å²) in [7, 11) is 0. The molecule has 0 aromatic carbocycles. The van der Waals surface area contributed by atoms with Gasteiger partial charge in [-0.1, -0.05) is 18.1 Å². The largest absolute Gasteiger partial charge is 0.438 e. The lowest BCUT2D eigenvalue weighted by atomic mass is 10.1. The Morgan fingerprint density at radius 3 is 3.11 bits per heavy atom. The molecule has 4 nitrogen and oxygen atoms in total. The van der Waals surface area contributed by atoms with Gasteiger partial charge in [-0.05, 0) is 39.0 Å². The standard InChI is InChI=1S/C14H20N2O2/c1-11-13(18-10-16-11)14(17)15-9-8-12-6-4-2-3-5-7-12/h6,10H,2-5,7-9H2,1H3,(H,15,17). The van der Waals surface area contributed by atoms with Crippen LogP contribution >= 0.6 is 0 Å². The maximum Gasteiger partial charge on any atom is 0.289 e. The lowest BCUT2D eigenvalue weighted by molar-refractivity contribution is 0.0925. The topological polar surface area (TPSA) is 55.1 Å². The number of carbonyl (C=O) groups excluding carboxylic acids is 1. The van der Waals surface area contributed by atoms with Crippen molar-refractivity contribution < 1.29 is 9.21 Å². The summed E-state index contributed by atoms with van der Waals surface area (Å²) in [6.45, 7) is 2.44. The van der Waals surface area contributed by atoms with E-state index < -0.39 is 0 Å². The van der Waals surface area contributed by atoms with Crippen molar-refractivity contribution in [2.45, 2.75) is 45.4 Å². The Morgan fingerprint density at radius 2 is 2.33 bits per heavy atom. The van der Waals surface area contributed by atoms with Gasteiger partial charge in [0.05, 0.1) is 5.69 Å². The molecule has 2 rings (SSSR count). The molecular weight excluding hydrogens is 228 g/mol. The van der Waals surface area contributed by atoms with Gasteiger partial charge in [0.25, 0.3) is 5.91 Å². The highest BCUT2D eigenvalue weighted by Crippen LogP contribution is 2.19. The molecule has 0 bridgehead atoms. The Bertz CT molecular complexity index is 435. The zero-order valence-corrected chi connectivity index (χ0v) is 10.9. The average Bonchev–Trinajstić information content (AvgIpc) is 2.63. The van der Waals surface area contributed by atoms with Crippen LogP contribution < -0.4 is 5.32 Å². The number of allylic oxidation sites excluding steroid dienone is 1. The third-order valence-corrected chi connectivity index (χ3v) is 3.32. The van der Waals surface area contributed by atoms with Crippen LogP contribution in [0, 0.1) is 6.92 Å². The molecule has 0 fully saturated rings. The van der Waals surface area contributed by atoms with Crippen LogP contribution in [-0.2, 0) is 0 Å². The van der Waals surface area contributed by atoms with Crippen LogP contribution in [0.5, 0.6) is 0 Å². The fraction of sp³-hybridized carbons (Fsp3) is 0.571. The van der Waals surface area contributed by atoms with Crippen molar-refractivity contribution in [1.29, 1.82) is 0 Å². The molecule has 0 radical (unpaired) electrons. The van der Waals surface area contributed by atoms with Crippen molar-refractivity contribution in [3.8, 4) is 0 Å². The van der Waals surface area contributed by atoms with Gasteiger partial charge in [0.15, 0.2) is 6.39 Å². The maximum atomic E-state index is 11.8. The predicted octanol–water partition coefficient (Wildman–Crippen LogP) is 2.99. The number of aromatic nitrogens is 1. The van der Waals surface area contributed by atoms with E-state index in [4.69, 9.17) is 4.42 Å². The smallest absolute Gasteiger partial charge is 0.289 e. The minimum Gasteiger partial charge on any atom is -0.438 e. The maximum absolute atomic E-state index is 11.8. The summed E-state index contributed by atoms with van der Waals surface area (Å²) >= 11 is 0. The van der Waals surface area contributed by atoms with Crippen molar-refractivity contribution in [1.82, 2.24) is 10.3 Å². The van der Waals surface area contributed by atoms with Crippen molar-refractivity contribution in [2.75, 3.05) is 6.54 Å². The molecule has 0 saturated carbocycles. The summed E-state index contributed by atoms with van der Waals surface area (Å²) in [5, 5.41) is 2.88. The van der Waals surface area contributed by atoms with E-state index in [1.165, 1.54) is 44.1 Å². The molecule has 1 heterocycles. The van der Waals surface area contributed by atoms with Gasteiger partial charge in [-0.15, -0.1) is 0 Å². The first-order chi connectivity index (χ1) is 8.77. The van der Waals surface area contributed by atoms with Gasteiger partial charge in [0, 0.05) is 6.54 Å². The van der Waals surface area contributed by atoms with Crippen LogP contribution in [0.2, 0.25) is 0 Å². The Balaban J connectivity index is 1.77. The highest BCUT2D eigenvalue weighted by molar-refractivity contribution is 5.92.